The largest absolute Gasteiger partial charge is 0.404 e. The second-order valence-corrected chi connectivity index (χ2v) is 6.42. The quantitative estimate of drug-likeness (QED) is 0.605. The number of ether oxygens (including phenoxy) is 2. The summed E-state index contributed by atoms with van der Waals surface area (Å²) in [4.78, 5) is 31.3. The molecule has 2 aliphatic rings. The van der Waals surface area contributed by atoms with Crippen LogP contribution in [0.2, 0.25) is 5.02 Å². The highest BCUT2D eigenvalue weighted by Crippen LogP contribution is 2.49. The summed E-state index contributed by atoms with van der Waals surface area (Å²) in [5, 5.41) is 0.196. The van der Waals surface area contributed by atoms with E-state index in [1.54, 1.807) is 37.3 Å². The second kappa shape index (κ2) is 5.69. The van der Waals surface area contributed by atoms with Gasteiger partial charge in [0, 0.05) is 11.6 Å². The lowest BCUT2D eigenvalue weighted by molar-refractivity contribution is -0.206. The number of amides is 1. The van der Waals surface area contributed by atoms with Gasteiger partial charge in [0.15, 0.2) is 0 Å². The highest BCUT2D eigenvalue weighted by molar-refractivity contribution is 6.35. The Morgan fingerprint density at radius 1 is 1.28 bits per heavy atom. The number of hydrogen-bond acceptors (Lipinski definition) is 5. The van der Waals surface area contributed by atoms with E-state index in [9.17, 15) is 9.59 Å². The van der Waals surface area contributed by atoms with Crippen LogP contribution < -0.4 is 4.90 Å². The molecule has 0 saturated heterocycles. The number of aryl methyl sites for hydroxylation is 1. The fraction of sp³-hybridized carbons (Fsp3) is 0.235. The Labute approximate surface area is 153 Å². The number of carbonyl (C=O) groups is 2. The molecule has 0 radical (unpaired) electrons. The summed E-state index contributed by atoms with van der Waals surface area (Å²) in [7, 11) is 0. The van der Waals surface area contributed by atoms with Crippen molar-refractivity contribution in [3.63, 3.8) is 0 Å². The van der Waals surface area contributed by atoms with Gasteiger partial charge in [-0.05, 0) is 31.2 Å². The minimum atomic E-state index is -1.78. The van der Waals surface area contributed by atoms with Crippen LogP contribution in [-0.2, 0) is 15.4 Å². The van der Waals surface area contributed by atoms with Crippen LogP contribution in [-0.4, -0.2) is 29.3 Å². The Morgan fingerprint density at radius 2 is 2.08 bits per heavy atom. The van der Waals surface area contributed by atoms with Crippen molar-refractivity contribution in [3.8, 4) is 0 Å². The van der Waals surface area contributed by atoms with E-state index in [0.717, 1.165) is 0 Å². The molecule has 128 valence electrons. The predicted octanol–water partition coefficient (Wildman–Crippen LogP) is 3.24. The molecule has 2 aromatic rings. The number of carbonyl (C=O) groups excluding carboxylic acids is 2. The van der Waals surface area contributed by atoms with Crippen LogP contribution in [0.1, 0.15) is 32.1 Å². The van der Waals surface area contributed by atoms with Crippen LogP contribution >= 0.6 is 23.2 Å². The topological polar surface area (TPSA) is 68.7 Å². The third-order valence-corrected chi connectivity index (χ3v) is 4.57. The van der Waals surface area contributed by atoms with E-state index in [0.29, 0.717) is 16.9 Å². The third kappa shape index (κ3) is 2.18. The van der Waals surface area contributed by atoms with Crippen molar-refractivity contribution in [3.05, 3.63) is 57.9 Å². The van der Waals surface area contributed by atoms with Crippen LogP contribution in [0, 0.1) is 6.92 Å². The molecule has 3 heterocycles. The van der Waals surface area contributed by atoms with Crippen LogP contribution in [0.5, 0.6) is 0 Å². The number of alkyl halides is 1. The molecule has 4 rings (SSSR count). The fourth-order valence-corrected chi connectivity index (χ4v) is 3.43. The third-order valence-electron chi connectivity index (χ3n) is 4.10. The molecule has 1 amide bonds. The highest BCUT2D eigenvalue weighted by atomic mass is 35.5. The first-order chi connectivity index (χ1) is 12.0. The molecule has 1 atom stereocenters. The lowest BCUT2D eigenvalue weighted by Crippen LogP contribution is -2.53. The van der Waals surface area contributed by atoms with Gasteiger partial charge in [0.1, 0.15) is 11.3 Å². The van der Waals surface area contributed by atoms with Gasteiger partial charge in [-0.15, -0.1) is 11.6 Å². The number of benzene rings is 1. The molecular weight excluding hydrogens is 367 g/mol. The zero-order chi connectivity index (χ0) is 17.8. The average molecular weight is 379 g/mol. The molecule has 1 aromatic carbocycles. The summed E-state index contributed by atoms with van der Waals surface area (Å²) >= 11 is 11.9. The Kier molecular flexibility index (Phi) is 3.72. The van der Waals surface area contributed by atoms with Gasteiger partial charge in [0.25, 0.3) is 5.91 Å². The Morgan fingerprint density at radius 3 is 2.84 bits per heavy atom. The van der Waals surface area contributed by atoms with E-state index in [1.807, 2.05) is 0 Å². The molecule has 6 nitrogen and oxygen atoms in total. The molecule has 0 aliphatic carbocycles. The SMILES string of the molecule is Cc1ccc2c(n1)C1(OCCCl)OC(=O)c3c(Cl)cccc3N1C2=O. The number of pyridine rings is 1. The zero-order valence-corrected chi connectivity index (χ0v) is 14.6. The van der Waals surface area contributed by atoms with Crippen molar-refractivity contribution in [2.24, 2.45) is 0 Å². The molecule has 25 heavy (non-hydrogen) atoms. The van der Waals surface area contributed by atoms with E-state index in [4.69, 9.17) is 32.7 Å². The smallest absolute Gasteiger partial charge is 0.351 e. The minimum absolute atomic E-state index is 0.0591. The lowest BCUT2D eigenvalue weighted by Gasteiger charge is -2.40. The monoisotopic (exact) mass is 378 g/mol. The maximum atomic E-state index is 13.0. The van der Waals surface area contributed by atoms with Crippen molar-refractivity contribution in [1.29, 1.82) is 0 Å². The molecule has 2 aliphatic heterocycles. The van der Waals surface area contributed by atoms with Crippen LogP contribution in [0.4, 0.5) is 5.69 Å². The zero-order valence-electron chi connectivity index (χ0n) is 13.1. The second-order valence-electron chi connectivity index (χ2n) is 5.63. The standard InChI is InChI=1S/C17H12Cl2N2O4/c1-9-5-6-10-14(20-9)17(24-8-7-18)21(15(10)22)12-4-2-3-11(19)13(12)16(23)25-17/h2-6H,7-8H2,1H3. The van der Waals surface area contributed by atoms with E-state index >= 15 is 0 Å². The molecule has 0 bridgehead atoms. The summed E-state index contributed by atoms with van der Waals surface area (Å²) < 4.78 is 11.4. The van der Waals surface area contributed by atoms with Crippen molar-refractivity contribution in [2.45, 2.75) is 12.8 Å². The van der Waals surface area contributed by atoms with Gasteiger partial charge >= 0.3 is 11.9 Å². The van der Waals surface area contributed by atoms with Gasteiger partial charge in [-0.3, -0.25) is 4.79 Å². The molecule has 0 N–H and O–H groups in total. The van der Waals surface area contributed by atoms with Crippen molar-refractivity contribution < 1.29 is 19.1 Å². The summed E-state index contributed by atoms with van der Waals surface area (Å²) in [6.07, 6.45) is 0. The summed E-state index contributed by atoms with van der Waals surface area (Å²) in [6.45, 7) is 1.84. The van der Waals surface area contributed by atoms with Gasteiger partial charge in [-0.2, -0.15) is 0 Å². The number of halogens is 2. The van der Waals surface area contributed by atoms with Gasteiger partial charge in [0.05, 0.1) is 22.9 Å². The number of nitrogens with zero attached hydrogens (tertiary/aromatic N) is 2. The summed E-state index contributed by atoms with van der Waals surface area (Å²) in [5.41, 5.74) is 1.64. The van der Waals surface area contributed by atoms with Gasteiger partial charge in [-0.25, -0.2) is 14.7 Å². The Balaban J connectivity index is 2.01. The predicted molar refractivity (Wildman–Crippen MR) is 91.0 cm³/mol. The molecule has 0 spiro atoms. The molecule has 0 fully saturated rings. The van der Waals surface area contributed by atoms with Crippen molar-refractivity contribution >= 4 is 40.8 Å². The molecular formula is C17H12Cl2N2O4. The van der Waals surface area contributed by atoms with E-state index < -0.39 is 11.9 Å². The minimum Gasteiger partial charge on any atom is -0.404 e. The number of anilines is 1. The van der Waals surface area contributed by atoms with Gasteiger partial charge < -0.3 is 9.47 Å². The van der Waals surface area contributed by atoms with Crippen LogP contribution in [0.25, 0.3) is 0 Å². The van der Waals surface area contributed by atoms with Gasteiger partial charge in [0.2, 0.25) is 0 Å². The van der Waals surface area contributed by atoms with Crippen LogP contribution in [0.15, 0.2) is 30.3 Å². The number of rotatable bonds is 3. The normalized spacial score (nSPS) is 20.8. The number of hydrogen-bond donors (Lipinski definition) is 0. The summed E-state index contributed by atoms with van der Waals surface area (Å²) in [6, 6.07) is 8.19. The number of esters is 1. The number of fused-ring (bicyclic) bond motifs is 5. The maximum Gasteiger partial charge on any atom is 0.351 e. The van der Waals surface area contributed by atoms with E-state index in [-0.39, 0.29) is 34.7 Å². The van der Waals surface area contributed by atoms with E-state index in [2.05, 4.69) is 4.98 Å². The molecule has 8 heteroatoms. The van der Waals surface area contributed by atoms with Gasteiger partial charge in [-0.1, -0.05) is 17.7 Å². The first kappa shape index (κ1) is 16.3. The van der Waals surface area contributed by atoms with Crippen molar-refractivity contribution in [2.75, 3.05) is 17.4 Å². The molecule has 0 saturated carbocycles. The van der Waals surface area contributed by atoms with E-state index in [1.165, 1.54) is 4.90 Å². The summed E-state index contributed by atoms with van der Waals surface area (Å²) in [5.74, 6) is -2.68. The molecule has 1 unspecified atom stereocenters. The molecule has 1 aromatic heterocycles. The average Bonchev–Trinajstić information content (AvgIpc) is 2.82. The number of aromatic nitrogens is 1. The Hall–Kier alpha value is -2.15. The Bertz CT molecular complexity index is 918. The fourth-order valence-electron chi connectivity index (χ4n) is 3.11. The first-order valence-electron chi connectivity index (χ1n) is 7.54. The van der Waals surface area contributed by atoms with Crippen LogP contribution in [0.3, 0.4) is 0 Å². The first-order valence-corrected chi connectivity index (χ1v) is 8.45. The highest BCUT2D eigenvalue weighted by Gasteiger charge is 2.60. The van der Waals surface area contributed by atoms with Crippen molar-refractivity contribution in [1.82, 2.24) is 4.98 Å². The lowest BCUT2D eigenvalue weighted by atomic mass is 10.1. The maximum absolute atomic E-state index is 13.0.